The standard InChI is InChI=1S/C18H25NO3/c1-12(2)13-7-9-16(10-8-13)19(3)17(20)14-5-4-6-15(11-14)18(21)22/h7-10,12,14-15H,4-6,11H2,1-3H3,(H,21,22). The summed E-state index contributed by atoms with van der Waals surface area (Å²) in [6.07, 6.45) is 2.75. The average molecular weight is 303 g/mol. The van der Waals surface area contributed by atoms with Crippen LogP contribution < -0.4 is 4.90 Å². The van der Waals surface area contributed by atoms with Crippen LogP contribution in [0.2, 0.25) is 0 Å². The second kappa shape index (κ2) is 6.95. The van der Waals surface area contributed by atoms with Crippen LogP contribution >= 0.6 is 0 Å². The number of anilines is 1. The molecule has 1 amide bonds. The van der Waals surface area contributed by atoms with E-state index in [9.17, 15) is 9.59 Å². The van der Waals surface area contributed by atoms with E-state index in [1.807, 2.05) is 24.3 Å². The van der Waals surface area contributed by atoms with Gasteiger partial charge in [0.15, 0.2) is 0 Å². The van der Waals surface area contributed by atoms with Gasteiger partial charge >= 0.3 is 5.97 Å². The van der Waals surface area contributed by atoms with Gasteiger partial charge in [0.1, 0.15) is 0 Å². The number of rotatable bonds is 4. The summed E-state index contributed by atoms with van der Waals surface area (Å²) >= 11 is 0. The first-order valence-corrected chi connectivity index (χ1v) is 8.00. The molecule has 1 N–H and O–H groups in total. The summed E-state index contributed by atoms with van der Waals surface area (Å²) in [7, 11) is 1.77. The van der Waals surface area contributed by atoms with E-state index in [0.717, 1.165) is 18.5 Å². The van der Waals surface area contributed by atoms with Gasteiger partial charge in [-0.3, -0.25) is 9.59 Å². The lowest BCUT2D eigenvalue weighted by Crippen LogP contribution is -2.36. The number of nitrogens with zero attached hydrogens (tertiary/aromatic N) is 1. The average Bonchev–Trinajstić information content (AvgIpc) is 2.53. The molecule has 1 aromatic rings. The molecular weight excluding hydrogens is 278 g/mol. The molecule has 1 saturated carbocycles. The van der Waals surface area contributed by atoms with E-state index in [2.05, 4.69) is 13.8 Å². The Hall–Kier alpha value is -1.84. The fourth-order valence-corrected chi connectivity index (χ4v) is 3.12. The number of aliphatic carboxylic acids is 1. The maximum absolute atomic E-state index is 12.6. The van der Waals surface area contributed by atoms with Gasteiger partial charge in [0.2, 0.25) is 5.91 Å². The number of carboxylic acids is 1. The highest BCUT2D eigenvalue weighted by Gasteiger charge is 2.32. The molecule has 4 heteroatoms. The summed E-state index contributed by atoms with van der Waals surface area (Å²) in [5.41, 5.74) is 2.11. The molecule has 4 nitrogen and oxygen atoms in total. The summed E-state index contributed by atoms with van der Waals surface area (Å²) in [4.78, 5) is 25.4. The van der Waals surface area contributed by atoms with Crippen molar-refractivity contribution in [1.29, 1.82) is 0 Å². The molecule has 1 aromatic carbocycles. The van der Waals surface area contributed by atoms with Crippen LogP contribution in [0.4, 0.5) is 5.69 Å². The van der Waals surface area contributed by atoms with E-state index in [1.54, 1.807) is 11.9 Å². The Morgan fingerprint density at radius 2 is 1.73 bits per heavy atom. The summed E-state index contributed by atoms with van der Waals surface area (Å²) in [5, 5.41) is 9.15. The number of carbonyl (C=O) groups excluding carboxylic acids is 1. The Kier molecular flexibility index (Phi) is 5.22. The first kappa shape index (κ1) is 16.5. The van der Waals surface area contributed by atoms with Crippen LogP contribution in [0.3, 0.4) is 0 Å². The SMILES string of the molecule is CC(C)c1ccc(N(C)C(=O)C2CCCC(C(=O)O)C2)cc1. The molecule has 1 aliphatic rings. The normalized spacial score (nSPS) is 21.6. The van der Waals surface area contributed by atoms with Crippen molar-refractivity contribution in [3.05, 3.63) is 29.8 Å². The molecular formula is C18H25NO3. The summed E-state index contributed by atoms with van der Waals surface area (Å²) in [6, 6.07) is 8.02. The number of hydrogen-bond donors (Lipinski definition) is 1. The van der Waals surface area contributed by atoms with Gasteiger partial charge in [-0.05, 0) is 42.9 Å². The lowest BCUT2D eigenvalue weighted by molar-refractivity contribution is -0.143. The molecule has 0 saturated heterocycles. The fourth-order valence-electron chi connectivity index (χ4n) is 3.12. The third-order valence-corrected chi connectivity index (χ3v) is 4.65. The van der Waals surface area contributed by atoms with Crippen LogP contribution in [-0.4, -0.2) is 24.0 Å². The van der Waals surface area contributed by atoms with Gasteiger partial charge in [-0.15, -0.1) is 0 Å². The van der Waals surface area contributed by atoms with Gasteiger partial charge in [0, 0.05) is 18.7 Å². The molecule has 22 heavy (non-hydrogen) atoms. The minimum absolute atomic E-state index is 0.0308. The maximum Gasteiger partial charge on any atom is 0.306 e. The van der Waals surface area contributed by atoms with Gasteiger partial charge in [-0.1, -0.05) is 32.4 Å². The summed E-state index contributed by atoms with van der Waals surface area (Å²) in [5.74, 6) is -0.835. The van der Waals surface area contributed by atoms with Crippen LogP contribution in [0.25, 0.3) is 0 Å². The molecule has 1 aliphatic carbocycles. The predicted octanol–water partition coefficient (Wildman–Crippen LogP) is 3.66. The van der Waals surface area contributed by atoms with E-state index in [4.69, 9.17) is 5.11 Å². The number of hydrogen-bond acceptors (Lipinski definition) is 2. The smallest absolute Gasteiger partial charge is 0.306 e. The van der Waals surface area contributed by atoms with Gasteiger partial charge in [-0.2, -0.15) is 0 Å². The second-order valence-electron chi connectivity index (χ2n) is 6.54. The highest BCUT2D eigenvalue weighted by atomic mass is 16.4. The quantitative estimate of drug-likeness (QED) is 0.923. The highest BCUT2D eigenvalue weighted by Crippen LogP contribution is 2.31. The number of carbonyl (C=O) groups is 2. The lowest BCUT2D eigenvalue weighted by atomic mass is 9.80. The first-order valence-electron chi connectivity index (χ1n) is 8.00. The molecule has 0 bridgehead atoms. The Morgan fingerprint density at radius 3 is 2.27 bits per heavy atom. The minimum Gasteiger partial charge on any atom is -0.481 e. The maximum atomic E-state index is 12.6. The largest absolute Gasteiger partial charge is 0.481 e. The molecule has 1 fully saturated rings. The van der Waals surface area contributed by atoms with E-state index >= 15 is 0 Å². The van der Waals surface area contributed by atoms with Crippen LogP contribution in [0.5, 0.6) is 0 Å². The van der Waals surface area contributed by atoms with Crippen molar-refractivity contribution < 1.29 is 14.7 Å². The van der Waals surface area contributed by atoms with Crippen LogP contribution in [0, 0.1) is 11.8 Å². The van der Waals surface area contributed by atoms with Crippen molar-refractivity contribution in [2.24, 2.45) is 11.8 Å². The van der Waals surface area contributed by atoms with Crippen molar-refractivity contribution in [3.8, 4) is 0 Å². The molecule has 0 radical (unpaired) electrons. The Balaban J connectivity index is 2.06. The van der Waals surface area contributed by atoms with E-state index in [0.29, 0.717) is 18.8 Å². The van der Waals surface area contributed by atoms with Crippen molar-refractivity contribution in [3.63, 3.8) is 0 Å². The highest BCUT2D eigenvalue weighted by molar-refractivity contribution is 5.94. The van der Waals surface area contributed by atoms with Gasteiger partial charge < -0.3 is 10.0 Å². The van der Waals surface area contributed by atoms with Crippen molar-refractivity contribution >= 4 is 17.6 Å². The summed E-state index contributed by atoms with van der Waals surface area (Å²) < 4.78 is 0. The van der Waals surface area contributed by atoms with Gasteiger partial charge in [0.05, 0.1) is 5.92 Å². The first-order chi connectivity index (χ1) is 10.4. The lowest BCUT2D eigenvalue weighted by Gasteiger charge is -2.29. The van der Waals surface area contributed by atoms with Crippen molar-refractivity contribution in [1.82, 2.24) is 0 Å². The zero-order valence-corrected chi connectivity index (χ0v) is 13.6. The monoisotopic (exact) mass is 303 g/mol. The topological polar surface area (TPSA) is 57.6 Å². The Morgan fingerprint density at radius 1 is 1.14 bits per heavy atom. The Labute approximate surface area is 132 Å². The molecule has 0 spiro atoms. The molecule has 2 atom stereocenters. The number of amides is 1. The van der Waals surface area contributed by atoms with Crippen LogP contribution in [-0.2, 0) is 9.59 Å². The van der Waals surface area contributed by atoms with Crippen LogP contribution in [0.1, 0.15) is 51.0 Å². The zero-order valence-electron chi connectivity index (χ0n) is 13.6. The summed E-state index contributed by atoms with van der Waals surface area (Å²) in [6.45, 7) is 4.27. The van der Waals surface area contributed by atoms with E-state index in [1.165, 1.54) is 5.56 Å². The fraction of sp³-hybridized carbons (Fsp3) is 0.556. The number of benzene rings is 1. The number of carboxylic acid groups (broad SMARTS) is 1. The van der Waals surface area contributed by atoms with Crippen molar-refractivity contribution in [2.75, 3.05) is 11.9 Å². The molecule has 0 aromatic heterocycles. The zero-order chi connectivity index (χ0) is 16.3. The molecule has 120 valence electrons. The van der Waals surface area contributed by atoms with Gasteiger partial charge in [0.25, 0.3) is 0 Å². The minimum atomic E-state index is -0.776. The third kappa shape index (κ3) is 3.67. The molecule has 0 aliphatic heterocycles. The third-order valence-electron chi connectivity index (χ3n) is 4.65. The Bertz CT molecular complexity index is 536. The molecule has 0 heterocycles. The van der Waals surface area contributed by atoms with E-state index < -0.39 is 5.97 Å². The molecule has 2 rings (SSSR count). The second-order valence-corrected chi connectivity index (χ2v) is 6.54. The van der Waals surface area contributed by atoms with Crippen molar-refractivity contribution in [2.45, 2.75) is 45.4 Å². The van der Waals surface area contributed by atoms with Gasteiger partial charge in [-0.25, -0.2) is 0 Å². The van der Waals surface area contributed by atoms with Crippen LogP contribution in [0.15, 0.2) is 24.3 Å². The van der Waals surface area contributed by atoms with E-state index in [-0.39, 0.29) is 17.7 Å². The predicted molar refractivity (Wildman–Crippen MR) is 87.0 cm³/mol. The molecule has 2 unspecified atom stereocenters.